The molecule has 148 valence electrons. The summed E-state index contributed by atoms with van der Waals surface area (Å²) in [6.07, 6.45) is 3.95. The summed E-state index contributed by atoms with van der Waals surface area (Å²) >= 11 is 0. The molecule has 0 spiro atoms. The lowest BCUT2D eigenvalue weighted by atomic mass is 10.2. The lowest BCUT2D eigenvalue weighted by molar-refractivity contribution is 0.0955. The summed E-state index contributed by atoms with van der Waals surface area (Å²) in [5.74, 6) is 1.23. The van der Waals surface area contributed by atoms with E-state index in [4.69, 9.17) is 14.2 Å². The molecule has 0 unspecified atom stereocenters. The number of hydrogen-bond acceptors (Lipinski definition) is 6. The van der Waals surface area contributed by atoms with Gasteiger partial charge in [-0.3, -0.25) is 4.79 Å². The van der Waals surface area contributed by atoms with Crippen LogP contribution >= 0.6 is 0 Å². The molecule has 7 heteroatoms. The molecule has 3 rings (SSSR count). The highest BCUT2D eigenvalue weighted by Crippen LogP contribution is 2.38. The third-order valence-corrected chi connectivity index (χ3v) is 4.71. The molecule has 0 saturated carbocycles. The molecule has 0 aliphatic carbocycles. The zero-order chi connectivity index (χ0) is 19.9. The quantitative estimate of drug-likeness (QED) is 0.588. The molecule has 1 N–H and O–H groups in total. The second-order valence-corrected chi connectivity index (χ2v) is 6.36. The number of methoxy groups -OCH3 is 3. The second kappa shape index (κ2) is 9.12. The van der Waals surface area contributed by atoms with Crippen LogP contribution in [0.2, 0.25) is 0 Å². The van der Waals surface area contributed by atoms with Crippen molar-refractivity contribution in [1.29, 1.82) is 0 Å². The normalized spacial score (nSPS) is 13.6. The SMILES string of the molecule is COc1ccc(/C=N\NC(=O)c2ccc(N3CCCC3)cc2)c(OC)c1OC. The fraction of sp³-hybridized carbons (Fsp3) is 0.333. The summed E-state index contributed by atoms with van der Waals surface area (Å²) in [4.78, 5) is 14.7. The van der Waals surface area contributed by atoms with Crippen molar-refractivity contribution in [2.45, 2.75) is 12.8 Å². The number of hydrogen-bond donors (Lipinski definition) is 1. The predicted molar refractivity (Wildman–Crippen MR) is 109 cm³/mol. The maximum atomic E-state index is 12.3. The molecule has 0 bridgehead atoms. The average Bonchev–Trinajstić information content (AvgIpc) is 3.28. The van der Waals surface area contributed by atoms with Gasteiger partial charge in [0, 0.05) is 29.9 Å². The van der Waals surface area contributed by atoms with Gasteiger partial charge in [0.1, 0.15) is 0 Å². The Morgan fingerprint density at radius 1 is 0.964 bits per heavy atom. The first-order chi connectivity index (χ1) is 13.7. The Kier molecular flexibility index (Phi) is 6.37. The third kappa shape index (κ3) is 4.19. The lowest BCUT2D eigenvalue weighted by Gasteiger charge is -2.17. The van der Waals surface area contributed by atoms with E-state index in [-0.39, 0.29) is 5.91 Å². The fourth-order valence-corrected chi connectivity index (χ4v) is 3.25. The number of rotatable bonds is 7. The number of nitrogens with zero attached hydrogens (tertiary/aromatic N) is 2. The summed E-state index contributed by atoms with van der Waals surface area (Å²) < 4.78 is 16.0. The number of benzene rings is 2. The largest absolute Gasteiger partial charge is 0.493 e. The van der Waals surface area contributed by atoms with Crippen LogP contribution in [-0.4, -0.2) is 46.5 Å². The van der Waals surface area contributed by atoms with E-state index in [9.17, 15) is 4.79 Å². The van der Waals surface area contributed by atoms with Crippen molar-refractivity contribution >= 4 is 17.8 Å². The van der Waals surface area contributed by atoms with Crippen molar-refractivity contribution in [3.63, 3.8) is 0 Å². The standard InChI is InChI=1S/C21H25N3O4/c1-26-18-11-8-16(19(27-2)20(18)28-3)14-22-23-21(25)15-6-9-17(10-7-15)24-12-4-5-13-24/h6-11,14H,4-5,12-13H2,1-3H3,(H,23,25)/b22-14-. The molecule has 0 radical (unpaired) electrons. The Morgan fingerprint density at radius 2 is 1.64 bits per heavy atom. The van der Waals surface area contributed by atoms with E-state index in [1.807, 2.05) is 24.3 Å². The molecule has 1 heterocycles. The van der Waals surface area contributed by atoms with Gasteiger partial charge < -0.3 is 19.1 Å². The molecule has 1 amide bonds. The van der Waals surface area contributed by atoms with Crippen LogP contribution in [0.4, 0.5) is 5.69 Å². The predicted octanol–water partition coefficient (Wildman–Crippen LogP) is 3.08. The number of anilines is 1. The molecule has 1 saturated heterocycles. The number of hydrazone groups is 1. The van der Waals surface area contributed by atoms with Crippen LogP contribution in [0.1, 0.15) is 28.8 Å². The van der Waals surface area contributed by atoms with E-state index in [0.717, 1.165) is 18.8 Å². The van der Waals surface area contributed by atoms with Gasteiger partial charge in [0.05, 0.1) is 27.5 Å². The Morgan fingerprint density at radius 3 is 2.25 bits per heavy atom. The number of ether oxygens (including phenoxy) is 3. The minimum Gasteiger partial charge on any atom is -0.493 e. The summed E-state index contributed by atoms with van der Waals surface area (Å²) in [6.45, 7) is 2.14. The number of carbonyl (C=O) groups is 1. The number of nitrogens with one attached hydrogen (secondary N) is 1. The Balaban J connectivity index is 1.68. The van der Waals surface area contributed by atoms with Gasteiger partial charge in [0.15, 0.2) is 11.5 Å². The zero-order valence-corrected chi connectivity index (χ0v) is 16.4. The maximum absolute atomic E-state index is 12.3. The van der Waals surface area contributed by atoms with Crippen LogP contribution in [0.3, 0.4) is 0 Å². The van der Waals surface area contributed by atoms with E-state index in [1.54, 1.807) is 19.2 Å². The van der Waals surface area contributed by atoms with Crippen molar-refractivity contribution < 1.29 is 19.0 Å². The molecule has 1 aliphatic heterocycles. The van der Waals surface area contributed by atoms with Crippen LogP contribution in [0.15, 0.2) is 41.5 Å². The minimum absolute atomic E-state index is 0.274. The van der Waals surface area contributed by atoms with Gasteiger partial charge in [-0.2, -0.15) is 5.10 Å². The molecule has 0 aromatic heterocycles. The topological polar surface area (TPSA) is 72.4 Å². The van der Waals surface area contributed by atoms with E-state index in [0.29, 0.717) is 28.4 Å². The van der Waals surface area contributed by atoms with Gasteiger partial charge in [-0.1, -0.05) is 0 Å². The van der Waals surface area contributed by atoms with Gasteiger partial charge in [-0.15, -0.1) is 0 Å². The van der Waals surface area contributed by atoms with Crippen LogP contribution in [-0.2, 0) is 0 Å². The van der Waals surface area contributed by atoms with Crippen molar-refractivity contribution in [3.05, 3.63) is 47.5 Å². The fourth-order valence-electron chi connectivity index (χ4n) is 3.25. The molecule has 1 aliphatic rings. The second-order valence-electron chi connectivity index (χ2n) is 6.36. The van der Waals surface area contributed by atoms with Gasteiger partial charge in [-0.05, 0) is 49.2 Å². The molecule has 2 aromatic carbocycles. The zero-order valence-electron chi connectivity index (χ0n) is 16.4. The number of carbonyl (C=O) groups excluding carboxylic acids is 1. The molecule has 7 nitrogen and oxygen atoms in total. The van der Waals surface area contributed by atoms with Crippen molar-refractivity contribution in [2.24, 2.45) is 5.10 Å². The van der Waals surface area contributed by atoms with E-state index in [2.05, 4.69) is 15.4 Å². The lowest BCUT2D eigenvalue weighted by Crippen LogP contribution is -2.19. The van der Waals surface area contributed by atoms with Gasteiger partial charge >= 0.3 is 0 Å². The average molecular weight is 383 g/mol. The third-order valence-electron chi connectivity index (χ3n) is 4.71. The highest BCUT2D eigenvalue weighted by atomic mass is 16.5. The van der Waals surface area contributed by atoms with Crippen LogP contribution in [0.25, 0.3) is 0 Å². The molecule has 2 aromatic rings. The Labute approximate surface area is 164 Å². The maximum Gasteiger partial charge on any atom is 0.271 e. The summed E-state index contributed by atoms with van der Waals surface area (Å²) in [6, 6.07) is 11.1. The van der Waals surface area contributed by atoms with Crippen molar-refractivity contribution in [2.75, 3.05) is 39.3 Å². The van der Waals surface area contributed by atoms with Crippen molar-refractivity contribution in [1.82, 2.24) is 5.43 Å². The van der Waals surface area contributed by atoms with E-state index < -0.39 is 0 Å². The summed E-state index contributed by atoms with van der Waals surface area (Å²) in [5, 5.41) is 4.05. The molecule has 1 fully saturated rings. The first kappa shape index (κ1) is 19.5. The minimum atomic E-state index is -0.274. The molecule has 28 heavy (non-hydrogen) atoms. The summed E-state index contributed by atoms with van der Waals surface area (Å²) in [5.41, 5.74) is 4.90. The van der Waals surface area contributed by atoms with Gasteiger partial charge in [0.25, 0.3) is 5.91 Å². The smallest absolute Gasteiger partial charge is 0.271 e. The Hall–Kier alpha value is -3.22. The van der Waals surface area contributed by atoms with Crippen molar-refractivity contribution in [3.8, 4) is 17.2 Å². The molecule has 0 atom stereocenters. The van der Waals surface area contributed by atoms with E-state index in [1.165, 1.54) is 33.3 Å². The van der Waals surface area contributed by atoms with Gasteiger partial charge in [-0.25, -0.2) is 5.43 Å². The van der Waals surface area contributed by atoms with E-state index >= 15 is 0 Å². The highest BCUT2D eigenvalue weighted by Gasteiger charge is 2.15. The first-order valence-electron chi connectivity index (χ1n) is 9.15. The molecular weight excluding hydrogens is 358 g/mol. The molecular formula is C21H25N3O4. The highest BCUT2D eigenvalue weighted by molar-refractivity contribution is 5.95. The Bertz CT molecular complexity index is 843. The van der Waals surface area contributed by atoms with Crippen LogP contribution < -0.4 is 24.5 Å². The monoisotopic (exact) mass is 383 g/mol. The van der Waals surface area contributed by atoms with Crippen LogP contribution in [0, 0.1) is 0 Å². The number of amides is 1. The van der Waals surface area contributed by atoms with Crippen LogP contribution in [0.5, 0.6) is 17.2 Å². The first-order valence-corrected chi connectivity index (χ1v) is 9.15. The van der Waals surface area contributed by atoms with Gasteiger partial charge in [0.2, 0.25) is 5.75 Å². The summed E-state index contributed by atoms with van der Waals surface area (Å²) in [7, 11) is 4.63.